The minimum absolute atomic E-state index is 0.0693. The van der Waals surface area contributed by atoms with E-state index in [9.17, 15) is 9.18 Å². The molecule has 1 aromatic heterocycles. The largest absolute Gasteiger partial charge is 0.294 e. The summed E-state index contributed by atoms with van der Waals surface area (Å²) in [6, 6.07) is 10.5. The minimum Gasteiger partial charge on any atom is -0.294 e. The van der Waals surface area contributed by atoms with Crippen molar-refractivity contribution in [1.29, 1.82) is 0 Å². The van der Waals surface area contributed by atoms with Crippen LogP contribution in [0.2, 0.25) is 0 Å². The topological polar surface area (TPSA) is 51.0 Å². The second-order valence-corrected chi connectivity index (χ2v) is 9.83. The molecule has 4 rings (SSSR count). The molecule has 1 fully saturated rings. The van der Waals surface area contributed by atoms with E-state index >= 15 is 0 Å². The Morgan fingerprint density at radius 3 is 2.36 bits per heavy atom. The monoisotopic (exact) mass is 466 g/mol. The molecule has 1 aliphatic rings. The number of thioether (sulfide) groups is 1. The number of aryl methyl sites for hydroxylation is 3. The molecule has 33 heavy (non-hydrogen) atoms. The van der Waals surface area contributed by atoms with Crippen molar-refractivity contribution in [3.05, 3.63) is 70.3 Å². The SMILES string of the molecule is Cc1cc(C)c(C(=O)CSc2nnc(C(C)N3CCCCC3)n2-c2ccc(F)cc2)cc1C. The average molecular weight is 467 g/mol. The summed E-state index contributed by atoms with van der Waals surface area (Å²) in [4.78, 5) is 15.5. The zero-order valence-electron chi connectivity index (χ0n) is 19.8. The van der Waals surface area contributed by atoms with E-state index in [1.807, 2.05) is 24.5 Å². The summed E-state index contributed by atoms with van der Waals surface area (Å²) in [6.45, 7) is 10.3. The molecular formula is C26H31FN4OS. The smallest absolute Gasteiger partial charge is 0.196 e. The van der Waals surface area contributed by atoms with Gasteiger partial charge in [-0.2, -0.15) is 0 Å². The van der Waals surface area contributed by atoms with Crippen LogP contribution in [0, 0.1) is 26.6 Å². The van der Waals surface area contributed by atoms with Crippen molar-refractivity contribution in [2.24, 2.45) is 0 Å². The van der Waals surface area contributed by atoms with E-state index in [-0.39, 0.29) is 23.4 Å². The van der Waals surface area contributed by atoms with Crippen LogP contribution in [0.4, 0.5) is 4.39 Å². The number of benzene rings is 2. The predicted octanol–water partition coefficient (Wildman–Crippen LogP) is 5.85. The number of Topliss-reactive ketones (excluding diaryl/α,β-unsaturated/α-hetero) is 1. The van der Waals surface area contributed by atoms with Crippen molar-refractivity contribution in [2.45, 2.75) is 58.2 Å². The molecule has 0 amide bonds. The molecule has 1 aliphatic heterocycles. The van der Waals surface area contributed by atoms with Crippen LogP contribution in [0.15, 0.2) is 41.6 Å². The summed E-state index contributed by atoms with van der Waals surface area (Å²) < 4.78 is 15.6. The van der Waals surface area contributed by atoms with Gasteiger partial charge in [-0.3, -0.25) is 14.3 Å². The first-order chi connectivity index (χ1) is 15.8. The molecule has 0 spiro atoms. The van der Waals surface area contributed by atoms with Gasteiger partial charge in [0.2, 0.25) is 0 Å². The number of nitrogens with zero attached hydrogens (tertiary/aromatic N) is 4. The minimum atomic E-state index is -0.285. The fourth-order valence-corrected chi connectivity index (χ4v) is 5.26. The third kappa shape index (κ3) is 5.20. The van der Waals surface area contributed by atoms with Gasteiger partial charge in [0.05, 0.1) is 11.8 Å². The maximum Gasteiger partial charge on any atom is 0.196 e. The molecule has 1 saturated heterocycles. The lowest BCUT2D eigenvalue weighted by molar-refractivity contribution is 0.102. The standard InChI is InChI=1S/C26H31FN4OS/c1-17-14-19(3)23(15-18(17)2)24(32)16-33-26-29-28-25(20(4)30-12-6-5-7-13-30)31(26)22-10-8-21(27)9-11-22/h8-11,14-15,20H,5-7,12-13,16H2,1-4H3. The molecule has 3 aromatic rings. The number of carbonyl (C=O) groups excluding carboxylic acids is 1. The van der Waals surface area contributed by atoms with E-state index in [0.29, 0.717) is 5.16 Å². The van der Waals surface area contributed by atoms with Crippen LogP contribution in [-0.4, -0.2) is 44.3 Å². The van der Waals surface area contributed by atoms with Crippen LogP contribution < -0.4 is 0 Å². The summed E-state index contributed by atoms with van der Waals surface area (Å²) in [5.41, 5.74) is 4.84. The lowest BCUT2D eigenvalue weighted by Crippen LogP contribution is -2.33. The van der Waals surface area contributed by atoms with Crippen molar-refractivity contribution in [1.82, 2.24) is 19.7 Å². The van der Waals surface area contributed by atoms with E-state index in [4.69, 9.17) is 0 Å². The molecule has 0 bridgehead atoms. The summed E-state index contributed by atoms with van der Waals surface area (Å²) in [5.74, 6) is 0.869. The Bertz CT molecular complexity index is 1140. The first kappa shape index (κ1) is 23.6. The van der Waals surface area contributed by atoms with Crippen LogP contribution in [-0.2, 0) is 0 Å². The predicted molar refractivity (Wildman–Crippen MR) is 131 cm³/mol. The van der Waals surface area contributed by atoms with Gasteiger partial charge < -0.3 is 0 Å². The third-order valence-electron chi connectivity index (χ3n) is 6.53. The van der Waals surface area contributed by atoms with Gasteiger partial charge in [-0.15, -0.1) is 10.2 Å². The molecule has 0 aliphatic carbocycles. The van der Waals surface area contributed by atoms with E-state index in [0.717, 1.165) is 41.3 Å². The number of piperidine rings is 1. The summed E-state index contributed by atoms with van der Waals surface area (Å²) in [7, 11) is 0. The van der Waals surface area contributed by atoms with Gasteiger partial charge in [0.15, 0.2) is 16.8 Å². The number of ketones is 1. The maximum atomic E-state index is 13.6. The van der Waals surface area contributed by atoms with Crippen LogP contribution in [0.1, 0.15) is 65.1 Å². The number of aromatic nitrogens is 3. The van der Waals surface area contributed by atoms with E-state index < -0.39 is 0 Å². The fourth-order valence-electron chi connectivity index (χ4n) is 4.42. The van der Waals surface area contributed by atoms with E-state index in [1.165, 1.54) is 48.7 Å². The first-order valence-electron chi connectivity index (χ1n) is 11.5. The highest BCUT2D eigenvalue weighted by Gasteiger charge is 2.26. The second-order valence-electron chi connectivity index (χ2n) is 8.89. The first-order valence-corrected chi connectivity index (χ1v) is 12.5. The zero-order chi connectivity index (χ0) is 23.5. The number of halogens is 1. The Labute approximate surface area is 199 Å². The van der Waals surface area contributed by atoms with Crippen molar-refractivity contribution in [2.75, 3.05) is 18.8 Å². The van der Waals surface area contributed by atoms with Gasteiger partial charge >= 0.3 is 0 Å². The molecule has 0 N–H and O–H groups in total. The molecular weight excluding hydrogens is 435 g/mol. The van der Waals surface area contributed by atoms with Crippen molar-refractivity contribution in [3.8, 4) is 5.69 Å². The summed E-state index contributed by atoms with van der Waals surface area (Å²) >= 11 is 1.38. The van der Waals surface area contributed by atoms with E-state index in [1.54, 1.807) is 12.1 Å². The van der Waals surface area contributed by atoms with Gasteiger partial charge in [-0.25, -0.2) is 4.39 Å². The molecule has 1 atom stereocenters. The van der Waals surface area contributed by atoms with Gasteiger partial charge in [0.25, 0.3) is 0 Å². The zero-order valence-corrected chi connectivity index (χ0v) is 20.6. The number of carbonyl (C=O) groups is 1. The number of hydrogen-bond donors (Lipinski definition) is 0. The summed E-state index contributed by atoms with van der Waals surface area (Å²) in [5, 5.41) is 9.63. The normalized spacial score (nSPS) is 15.5. The fraction of sp³-hybridized carbons (Fsp3) is 0.423. The van der Waals surface area contributed by atoms with Crippen LogP contribution in [0.5, 0.6) is 0 Å². The van der Waals surface area contributed by atoms with Gasteiger partial charge in [-0.1, -0.05) is 24.2 Å². The number of hydrogen-bond acceptors (Lipinski definition) is 5. The molecule has 2 heterocycles. The third-order valence-corrected chi connectivity index (χ3v) is 7.46. The van der Waals surface area contributed by atoms with Crippen molar-refractivity contribution < 1.29 is 9.18 Å². The quantitative estimate of drug-likeness (QED) is 0.323. The van der Waals surface area contributed by atoms with Crippen LogP contribution >= 0.6 is 11.8 Å². The average Bonchev–Trinajstić information content (AvgIpc) is 3.24. The maximum absolute atomic E-state index is 13.6. The Balaban J connectivity index is 1.62. The molecule has 2 aromatic carbocycles. The Kier molecular flexibility index (Phi) is 7.29. The highest BCUT2D eigenvalue weighted by Crippen LogP contribution is 2.30. The highest BCUT2D eigenvalue weighted by atomic mass is 32.2. The lowest BCUT2D eigenvalue weighted by atomic mass is 9.99. The van der Waals surface area contributed by atoms with Gasteiger partial charge in [0.1, 0.15) is 5.82 Å². The number of likely N-dealkylation sites (tertiary alicyclic amines) is 1. The van der Waals surface area contributed by atoms with Gasteiger partial charge in [-0.05, 0) is 101 Å². The molecule has 7 heteroatoms. The summed E-state index contributed by atoms with van der Waals surface area (Å²) in [6.07, 6.45) is 3.62. The number of rotatable bonds is 7. The Hall–Kier alpha value is -2.51. The Morgan fingerprint density at radius 2 is 1.67 bits per heavy atom. The Morgan fingerprint density at radius 1 is 1.00 bits per heavy atom. The highest BCUT2D eigenvalue weighted by molar-refractivity contribution is 7.99. The second kappa shape index (κ2) is 10.2. The lowest BCUT2D eigenvalue weighted by Gasteiger charge is -2.31. The molecule has 1 unspecified atom stereocenters. The van der Waals surface area contributed by atoms with Crippen LogP contribution in [0.3, 0.4) is 0 Å². The molecule has 0 saturated carbocycles. The van der Waals surface area contributed by atoms with Gasteiger partial charge in [0, 0.05) is 11.3 Å². The van der Waals surface area contributed by atoms with Crippen molar-refractivity contribution in [3.63, 3.8) is 0 Å². The van der Waals surface area contributed by atoms with Crippen LogP contribution in [0.25, 0.3) is 5.69 Å². The molecule has 5 nitrogen and oxygen atoms in total. The van der Waals surface area contributed by atoms with E-state index in [2.05, 4.69) is 35.0 Å². The molecule has 0 radical (unpaired) electrons. The molecule has 174 valence electrons. The van der Waals surface area contributed by atoms with Crippen molar-refractivity contribution >= 4 is 17.5 Å².